The molecule has 7 rings (SSSR count). The fourth-order valence-corrected chi connectivity index (χ4v) is 13.3. The zero-order valence-corrected chi connectivity index (χ0v) is 33.3. The van der Waals surface area contributed by atoms with Crippen molar-refractivity contribution in [1.29, 1.82) is 0 Å². The molecular formula is C38H53NO14P2. The highest BCUT2D eigenvalue weighted by Crippen LogP contribution is 2.70. The molecule has 13 atom stereocenters. The Labute approximate surface area is 321 Å². The van der Waals surface area contributed by atoms with Crippen LogP contribution in [0.5, 0.6) is 0 Å². The lowest BCUT2D eigenvalue weighted by Gasteiger charge is -2.59. The van der Waals surface area contributed by atoms with Gasteiger partial charge in [0, 0.05) is 36.1 Å². The van der Waals surface area contributed by atoms with Crippen LogP contribution in [-0.4, -0.2) is 83.0 Å². The number of allylic oxidation sites excluding steroid dienone is 4. The molecule has 4 saturated carbocycles. The summed E-state index contributed by atoms with van der Waals surface area (Å²) in [4.78, 5) is 59.4. The Morgan fingerprint density at radius 1 is 1.05 bits per heavy atom. The van der Waals surface area contributed by atoms with E-state index in [-0.39, 0.29) is 49.0 Å². The summed E-state index contributed by atoms with van der Waals surface area (Å²) < 4.78 is 58.0. The minimum Gasteiger partial charge on any atom is -0.449 e. The summed E-state index contributed by atoms with van der Waals surface area (Å²) in [6.45, 7) is 4.31. The number of aliphatic hydroxyl groups is 1. The van der Waals surface area contributed by atoms with Crippen LogP contribution in [-0.2, 0) is 46.3 Å². The number of carbonyl (C=O) groups excluding carboxylic acids is 3. The van der Waals surface area contributed by atoms with E-state index in [1.165, 1.54) is 0 Å². The number of phosphoric acid groups is 2. The second kappa shape index (κ2) is 15.5. The molecule has 4 N–H and O–H groups in total. The van der Waals surface area contributed by atoms with Crippen LogP contribution in [0.2, 0.25) is 0 Å². The Bertz CT molecular complexity index is 1760. The van der Waals surface area contributed by atoms with Gasteiger partial charge in [0.1, 0.15) is 6.61 Å². The van der Waals surface area contributed by atoms with Crippen molar-refractivity contribution in [3.8, 4) is 11.8 Å². The van der Waals surface area contributed by atoms with E-state index in [2.05, 4.69) is 21.5 Å². The minimum atomic E-state index is -5.37. The molecule has 0 spiro atoms. The molecule has 1 saturated heterocycles. The molecule has 0 radical (unpaired) electrons. The number of carbonyl (C=O) groups is 3. The second-order valence-electron chi connectivity index (χ2n) is 16.6. The van der Waals surface area contributed by atoms with Gasteiger partial charge in [-0.3, -0.25) is 18.6 Å². The van der Waals surface area contributed by atoms with Gasteiger partial charge in [-0.1, -0.05) is 38.8 Å². The molecule has 5 fully saturated rings. The van der Waals surface area contributed by atoms with Crippen LogP contribution in [0.15, 0.2) is 23.8 Å². The highest BCUT2D eigenvalue weighted by atomic mass is 31.3. The quantitative estimate of drug-likeness (QED) is 0.102. The largest absolute Gasteiger partial charge is 0.481 e. The molecule has 1 aliphatic heterocycles. The van der Waals surface area contributed by atoms with Crippen LogP contribution in [0.4, 0.5) is 4.79 Å². The van der Waals surface area contributed by atoms with Gasteiger partial charge in [-0.15, -0.1) is 11.8 Å². The summed E-state index contributed by atoms with van der Waals surface area (Å²) in [5.41, 5.74) is -2.17. The van der Waals surface area contributed by atoms with E-state index >= 15 is 0 Å². The maximum atomic E-state index is 14.4. The Hall–Kier alpha value is -2.21. The van der Waals surface area contributed by atoms with Crippen molar-refractivity contribution in [2.75, 3.05) is 26.4 Å². The first-order valence-corrected chi connectivity index (χ1v) is 22.5. The zero-order chi connectivity index (χ0) is 39.4. The smallest absolute Gasteiger partial charge is 0.449 e. The van der Waals surface area contributed by atoms with Crippen LogP contribution >= 0.6 is 15.6 Å². The number of Topliss-reactive ketones (excluding diaryl/α,β-unsaturated/α-hetero) is 1. The van der Waals surface area contributed by atoms with E-state index in [9.17, 15) is 38.4 Å². The number of alkyl carbamates (subject to hydrolysis) is 1. The Morgan fingerprint density at radius 3 is 2.47 bits per heavy atom. The molecule has 17 heteroatoms. The highest BCUT2D eigenvalue weighted by molar-refractivity contribution is 7.61. The minimum absolute atomic E-state index is 0.0462. The lowest BCUT2D eigenvalue weighted by atomic mass is 9.46. The lowest BCUT2D eigenvalue weighted by Crippen LogP contribution is -2.63. The molecule has 55 heavy (non-hydrogen) atoms. The number of phosphoric ester groups is 2. The molecule has 1 heterocycles. The van der Waals surface area contributed by atoms with Crippen molar-refractivity contribution < 1.29 is 66.0 Å². The molecule has 1 amide bonds. The van der Waals surface area contributed by atoms with Crippen molar-refractivity contribution >= 4 is 33.3 Å². The second-order valence-corrected chi connectivity index (χ2v) is 19.7. The zero-order valence-electron chi connectivity index (χ0n) is 31.6. The van der Waals surface area contributed by atoms with E-state index in [0.29, 0.717) is 43.9 Å². The van der Waals surface area contributed by atoms with E-state index in [1.807, 2.05) is 26.8 Å². The molecule has 0 aromatic carbocycles. The molecule has 15 nitrogen and oxygen atoms in total. The first-order valence-electron chi connectivity index (χ1n) is 19.5. The average molecular weight is 810 g/mol. The Balaban J connectivity index is 0.945. The van der Waals surface area contributed by atoms with E-state index in [1.54, 1.807) is 12.2 Å². The first-order chi connectivity index (χ1) is 26.0. The first kappa shape index (κ1) is 41.0. The molecular weight excluding hydrogens is 756 g/mol. The maximum Gasteiger partial charge on any atom is 0.481 e. The number of ketones is 2. The third kappa shape index (κ3) is 7.74. The molecule has 7 aliphatic rings. The van der Waals surface area contributed by atoms with Crippen LogP contribution in [0.3, 0.4) is 0 Å². The maximum absolute atomic E-state index is 14.4. The number of fused-ring (bicyclic) bond motifs is 8. The number of hydrogen-bond acceptors (Lipinski definition) is 12. The number of rotatable bonds is 14. The fourth-order valence-electron chi connectivity index (χ4n) is 11.2. The topological polar surface area (TPSA) is 213 Å². The summed E-state index contributed by atoms with van der Waals surface area (Å²) in [5.74, 6) is 6.35. The summed E-state index contributed by atoms with van der Waals surface area (Å²) in [5, 5.41) is 14.3. The van der Waals surface area contributed by atoms with Crippen LogP contribution in [0, 0.1) is 58.2 Å². The molecule has 0 aromatic heterocycles. The van der Waals surface area contributed by atoms with E-state index in [4.69, 9.17) is 23.3 Å². The van der Waals surface area contributed by atoms with Gasteiger partial charge >= 0.3 is 21.7 Å². The molecule has 0 aromatic rings. The average Bonchev–Trinajstić information content (AvgIpc) is 3.47. The standard InChI is InChI=1S/C38H53NO14P2/c1-4-9-33-51-32-19-29-27-13-12-23-18-24(40)14-15-36(23,2)34(27)30(41)20-37(29,3)38(32,52-33)31(42)22-50-55(46,47)53-54(44,45)49-17-16-39-35(43)48-21-28-25-10-7-5-6-8-11-26(25)28/h14-15,18,25-30,32-34,41H,4,7-13,16-17,19-22H2,1-3H3,(H,39,43)(H,44,45)(H,46,47)/t25?,26?,27-,28?,29-,30-,32+,33?,34+,36-,37-,38+/m0/s1. The van der Waals surface area contributed by atoms with Crippen molar-refractivity contribution in [3.63, 3.8) is 0 Å². The van der Waals surface area contributed by atoms with Crippen LogP contribution in [0.1, 0.15) is 85.0 Å². The highest BCUT2D eigenvalue weighted by Gasteiger charge is 2.76. The van der Waals surface area contributed by atoms with Crippen LogP contribution < -0.4 is 5.32 Å². The van der Waals surface area contributed by atoms with Gasteiger partial charge in [-0.05, 0) is 86.7 Å². The normalized spacial score (nSPS) is 41.9. The number of amides is 1. The van der Waals surface area contributed by atoms with Gasteiger partial charge in [0.05, 0.1) is 25.4 Å². The molecule has 304 valence electrons. The monoisotopic (exact) mass is 809 g/mol. The van der Waals surface area contributed by atoms with Gasteiger partial charge < -0.3 is 34.4 Å². The van der Waals surface area contributed by atoms with Crippen molar-refractivity contribution in [1.82, 2.24) is 5.32 Å². The fraction of sp³-hybridized carbons (Fsp3) is 0.763. The third-order valence-corrected chi connectivity index (χ3v) is 16.3. The predicted molar refractivity (Wildman–Crippen MR) is 194 cm³/mol. The van der Waals surface area contributed by atoms with Crippen LogP contribution in [0.25, 0.3) is 0 Å². The number of hydrogen-bond donors (Lipinski definition) is 4. The summed E-state index contributed by atoms with van der Waals surface area (Å²) in [6, 6.07) is 0. The molecule has 6 aliphatic carbocycles. The lowest BCUT2D eigenvalue weighted by molar-refractivity contribution is -0.200. The van der Waals surface area contributed by atoms with E-state index < -0.39 is 75.7 Å². The predicted octanol–water partition coefficient (Wildman–Crippen LogP) is 5.14. The Kier molecular flexibility index (Phi) is 11.6. The van der Waals surface area contributed by atoms with Gasteiger partial charge in [0.15, 0.2) is 23.5 Å². The summed E-state index contributed by atoms with van der Waals surface area (Å²) >= 11 is 0. The Morgan fingerprint density at radius 2 is 1.76 bits per heavy atom. The molecule has 5 unspecified atom stereocenters. The summed E-state index contributed by atoms with van der Waals surface area (Å²) in [6.07, 6.45) is 8.84. The number of nitrogens with one attached hydrogen (secondary N) is 1. The van der Waals surface area contributed by atoms with Gasteiger partial charge in [0.25, 0.3) is 0 Å². The van der Waals surface area contributed by atoms with Crippen molar-refractivity contribution in [2.45, 2.75) is 109 Å². The third-order valence-electron chi connectivity index (χ3n) is 13.7. The SMILES string of the molecule is CCCC1O[C@@H]2C[C@H]3[C@@H]4CCC5=CC(=O)C=C[C@]5(C)[C@H]4[C@@H](O)C[C@]3(C)[C@]2(C(=O)COP(=O)(O)OP(=O)(O)OCCNC(=O)OCC2C3CCC#CCCC32)O1. The van der Waals surface area contributed by atoms with Crippen molar-refractivity contribution in [3.05, 3.63) is 23.8 Å². The number of ether oxygens (including phenoxy) is 3. The van der Waals surface area contributed by atoms with E-state index in [0.717, 1.165) is 31.3 Å². The summed E-state index contributed by atoms with van der Waals surface area (Å²) in [7, 11) is -10.6. The molecule has 0 bridgehead atoms. The van der Waals surface area contributed by atoms with Gasteiger partial charge in [-0.25, -0.2) is 13.9 Å². The van der Waals surface area contributed by atoms with Crippen molar-refractivity contribution in [2.24, 2.45) is 46.3 Å². The number of aliphatic hydroxyl groups excluding tert-OH is 1. The van der Waals surface area contributed by atoms with Gasteiger partial charge in [-0.2, -0.15) is 4.31 Å². The van der Waals surface area contributed by atoms with Gasteiger partial charge in [0.2, 0.25) is 0 Å².